The first-order chi connectivity index (χ1) is 10.8. The van der Waals surface area contributed by atoms with E-state index in [-0.39, 0.29) is 17.3 Å². The molecule has 0 saturated heterocycles. The highest BCUT2D eigenvalue weighted by Gasteiger charge is 2.24. The van der Waals surface area contributed by atoms with Crippen molar-refractivity contribution in [2.24, 2.45) is 0 Å². The molecule has 1 saturated carbocycles. The second kappa shape index (κ2) is 5.77. The van der Waals surface area contributed by atoms with Crippen LogP contribution >= 0.6 is 0 Å². The fourth-order valence-electron chi connectivity index (χ4n) is 2.35. The summed E-state index contributed by atoms with van der Waals surface area (Å²) in [6.45, 7) is 0.158. The molecule has 23 heavy (non-hydrogen) atoms. The van der Waals surface area contributed by atoms with E-state index in [0.29, 0.717) is 22.8 Å². The van der Waals surface area contributed by atoms with E-state index in [4.69, 9.17) is 0 Å². The second-order valence-electron chi connectivity index (χ2n) is 5.85. The van der Waals surface area contributed by atoms with Crippen molar-refractivity contribution in [1.82, 2.24) is 15.3 Å². The molecular weight excluding hydrogens is 316 g/mol. The molecule has 1 aromatic carbocycles. The SMILES string of the molecule is CN(CC(=O)NC1CC1)c1ncnc2ccc(S(C)(=O)=O)cc12. The number of hydrogen-bond acceptors (Lipinski definition) is 6. The summed E-state index contributed by atoms with van der Waals surface area (Å²) in [5, 5.41) is 3.53. The largest absolute Gasteiger partial charge is 0.352 e. The van der Waals surface area contributed by atoms with Crippen molar-refractivity contribution >= 4 is 32.5 Å². The highest BCUT2D eigenvalue weighted by atomic mass is 32.2. The number of anilines is 1. The summed E-state index contributed by atoms with van der Waals surface area (Å²) in [4.78, 5) is 22.2. The number of hydrogen-bond donors (Lipinski definition) is 1. The normalized spacial score (nSPS) is 14.7. The average molecular weight is 334 g/mol. The number of aromatic nitrogens is 2. The zero-order valence-corrected chi connectivity index (χ0v) is 13.8. The summed E-state index contributed by atoms with van der Waals surface area (Å²) in [6.07, 6.45) is 4.63. The zero-order chi connectivity index (χ0) is 16.6. The molecule has 1 amide bonds. The Morgan fingerprint density at radius 2 is 2.09 bits per heavy atom. The molecule has 0 bridgehead atoms. The Hall–Kier alpha value is -2.22. The summed E-state index contributed by atoms with van der Waals surface area (Å²) in [7, 11) is -1.57. The van der Waals surface area contributed by atoms with Crippen LogP contribution in [0.3, 0.4) is 0 Å². The van der Waals surface area contributed by atoms with Gasteiger partial charge in [-0.1, -0.05) is 0 Å². The van der Waals surface area contributed by atoms with E-state index in [1.807, 2.05) is 0 Å². The molecule has 7 nitrogen and oxygen atoms in total. The van der Waals surface area contributed by atoms with Crippen LogP contribution in [-0.4, -0.2) is 50.2 Å². The van der Waals surface area contributed by atoms with Crippen LogP contribution in [0.5, 0.6) is 0 Å². The molecule has 0 unspecified atom stereocenters. The first-order valence-electron chi connectivity index (χ1n) is 7.30. The highest BCUT2D eigenvalue weighted by Crippen LogP contribution is 2.25. The summed E-state index contributed by atoms with van der Waals surface area (Å²) >= 11 is 0. The topological polar surface area (TPSA) is 92.3 Å². The van der Waals surface area contributed by atoms with E-state index in [9.17, 15) is 13.2 Å². The van der Waals surface area contributed by atoms with Gasteiger partial charge < -0.3 is 10.2 Å². The Bertz CT molecular complexity index is 862. The molecule has 1 fully saturated rings. The summed E-state index contributed by atoms with van der Waals surface area (Å²) in [5.41, 5.74) is 0.636. The molecule has 1 N–H and O–H groups in total. The summed E-state index contributed by atoms with van der Waals surface area (Å²) in [5.74, 6) is 0.465. The van der Waals surface area contributed by atoms with Gasteiger partial charge in [-0.25, -0.2) is 18.4 Å². The summed E-state index contributed by atoms with van der Waals surface area (Å²) in [6, 6.07) is 5.02. The van der Waals surface area contributed by atoms with Gasteiger partial charge in [-0.3, -0.25) is 4.79 Å². The third-order valence-corrected chi connectivity index (χ3v) is 4.81. The van der Waals surface area contributed by atoms with Crippen LogP contribution in [0.25, 0.3) is 10.9 Å². The predicted molar refractivity (Wildman–Crippen MR) is 87.1 cm³/mol. The minimum atomic E-state index is -3.32. The van der Waals surface area contributed by atoms with Crippen LogP contribution in [0, 0.1) is 0 Å². The van der Waals surface area contributed by atoms with Gasteiger partial charge in [0.2, 0.25) is 5.91 Å². The molecule has 122 valence electrons. The molecule has 8 heteroatoms. The van der Waals surface area contributed by atoms with Gasteiger partial charge in [0.25, 0.3) is 0 Å². The third-order valence-electron chi connectivity index (χ3n) is 3.70. The standard InChI is InChI=1S/C15H18N4O3S/c1-19(8-14(20)18-10-3-4-10)15-12-7-11(23(2,21)22)5-6-13(12)16-9-17-15/h5-7,9-10H,3-4,8H2,1-2H3,(H,18,20). The van der Waals surface area contributed by atoms with Gasteiger partial charge in [0.05, 0.1) is 17.0 Å². The molecule has 1 heterocycles. The molecule has 0 atom stereocenters. The number of nitrogens with one attached hydrogen (secondary N) is 1. The van der Waals surface area contributed by atoms with Crippen LogP contribution in [0.15, 0.2) is 29.4 Å². The maximum atomic E-state index is 11.9. The first-order valence-corrected chi connectivity index (χ1v) is 9.19. The van der Waals surface area contributed by atoms with Gasteiger partial charge in [0, 0.05) is 24.7 Å². The number of fused-ring (bicyclic) bond motifs is 1. The number of carbonyl (C=O) groups excluding carboxylic acids is 1. The number of amides is 1. The van der Waals surface area contributed by atoms with Crippen molar-refractivity contribution in [3.63, 3.8) is 0 Å². The number of rotatable bonds is 5. The number of carbonyl (C=O) groups is 1. The Kier molecular flexibility index (Phi) is 3.93. The van der Waals surface area contributed by atoms with E-state index in [1.165, 1.54) is 12.4 Å². The van der Waals surface area contributed by atoms with Crippen LogP contribution in [0.2, 0.25) is 0 Å². The fourth-order valence-corrected chi connectivity index (χ4v) is 3.00. The third kappa shape index (κ3) is 3.58. The molecule has 1 aromatic heterocycles. The van der Waals surface area contributed by atoms with Gasteiger partial charge >= 0.3 is 0 Å². The molecule has 0 spiro atoms. The first kappa shape index (κ1) is 15.7. The maximum absolute atomic E-state index is 11.9. The Balaban J connectivity index is 1.93. The van der Waals surface area contributed by atoms with E-state index >= 15 is 0 Å². The van der Waals surface area contributed by atoms with E-state index in [2.05, 4.69) is 15.3 Å². The average Bonchev–Trinajstić information content (AvgIpc) is 3.28. The van der Waals surface area contributed by atoms with Crippen LogP contribution in [0.1, 0.15) is 12.8 Å². The fraction of sp³-hybridized carbons (Fsp3) is 0.400. The number of sulfone groups is 1. The lowest BCUT2D eigenvalue weighted by atomic mass is 10.2. The predicted octanol–water partition coefficient (Wildman–Crippen LogP) is 0.748. The Morgan fingerprint density at radius 3 is 2.74 bits per heavy atom. The van der Waals surface area contributed by atoms with Crippen molar-refractivity contribution in [1.29, 1.82) is 0 Å². The van der Waals surface area contributed by atoms with Gasteiger partial charge in [-0.05, 0) is 31.0 Å². The van der Waals surface area contributed by atoms with Crippen LogP contribution in [-0.2, 0) is 14.6 Å². The van der Waals surface area contributed by atoms with Crippen molar-refractivity contribution in [3.05, 3.63) is 24.5 Å². The van der Waals surface area contributed by atoms with E-state index < -0.39 is 9.84 Å². The smallest absolute Gasteiger partial charge is 0.239 e. The minimum absolute atomic E-state index is 0.0685. The molecule has 0 radical (unpaired) electrons. The molecule has 0 aliphatic heterocycles. The van der Waals surface area contributed by atoms with Crippen molar-refractivity contribution < 1.29 is 13.2 Å². The van der Waals surface area contributed by atoms with Gasteiger partial charge in [0.1, 0.15) is 12.1 Å². The van der Waals surface area contributed by atoms with Crippen molar-refractivity contribution in [2.75, 3.05) is 24.7 Å². The number of likely N-dealkylation sites (N-methyl/N-ethyl adjacent to an activating group) is 1. The maximum Gasteiger partial charge on any atom is 0.239 e. The van der Waals surface area contributed by atoms with Crippen LogP contribution < -0.4 is 10.2 Å². The van der Waals surface area contributed by atoms with E-state index in [0.717, 1.165) is 19.1 Å². The van der Waals surface area contributed by atoms with Gasteiger partial charge in [0.15, 0.2) is 9.84 Å². The number of benzene rings is 1. The minimum Gasteiger partial charge on any atom is -0.352 e. The molecule has 1 aliphatic carbocycles. The monoisotopic (exact) mass is 334 g/mol. The zero-order valence-electron chi connectivity index (χ0n) is 13.0. The van der Waals surface area contributed by atoms with E-state index in [1.54, 1.807) is 24.1 Å². The lowest BCUT2D eigenvalue weighted by Gasteiger charge is -2.19. The van der Waals surface area contributed by atoms with Crippen LogP contribution in [0.4, 0.5) is 5.82 Å². The van der Waals surface area contributed by atoms with Gasteiger partial charge in [-0.2, -0.15) is 0 Å². The number of nitrogens with zero attached hydrogens (tertiary/aromatic N) is 3. The molecular formula is C15H18N4O3S. The Morgan fingerprint density at radius 1 is 1.35 bits per heavy atom. The highest BCUT2D eigenvalue weighted by molar-refractivity contribution is 7.90. The quantitative estimate of drug-likeness (QED) is 0.867. The molecule has 2 aromatic rings. The molecule has 3 rings (SSSR count). The lowest BCUT2D eigenvalue weighted by Crippen LogP contribution is -2.36. The lowest BCUT2D eigenvalue weighted by molar-refractivity contribution is -0.119. The van der Waals surface area contributed by atoms with Crippen molar-refractivity contribution in [2.45, 2.75) is 23.8 Å². The van der Waals surface area contributed by atoms with Crippen molar-refractivity contribution in [3.8, 4) is 0 Å². The van der Waals surface area contributed by atoms with Gasteiger partial charge in [-0.15, -0.1) is 0 Å². The second-order valence-corrected chi connectivity index (χ2v) is 7.86. The summed E-state index contributed by atoms with van der Waals surface area (Å²) < 4.78 is 23.5. The Labute approximate surface area is 134 Å². The molecule has 1 aliphatic rings.